The summed E-state index contributed by atoms with van der Waals surface area (Å²) >= 11 is 0. The van der Waals surface area contributed by atoms with Crippen molar-refractivity contribution in [2.75, 3.05) is 25.5 Å². The molecule has 7 heteroatoms. The molecule has 3 aromatic rings. The second-order valence-electron chi connectivity index (χ2n) is 6.72. The standard InChI is InChI=1S/C21H25FN6/c1-15(16-3-5-17(22)6-4-16)11-21-27-18(12-19-14-24-8-10-25-19)13-20(28-21)26-9-7-23-2/h3-6,8,10,13-15,23H,7,9,11-12H2,1-2H3,(H,26,27,28)/t15-/m1/s1. The molecule has 0 aliphatic carbocycles. The van der Waals surface area contributed by atoms with Crippen LogP contribution < -0.4 is 10.6 Å². The summed E-state index contributed by atoms with van der Waals surface area (Å²) in [7, 11) is 1.91. The van der Waals surface area contributed by atoms with Crippen molar-refractivity contribution in [1.29, 1.82) is 0 Å². The first kappa shape index (κ1) is 19.8. The van der Waals surface area contributed by atoms with Gasteiger partial charge in [-0.05, 0) is 30.7 Å². The van der Waals surface area contributed by atoms with Gasteiger partial charge < -0.3 is 10.6 Å². The van der Waals surface area contributed by atoms with Crippen molar-refractivity contribution < 1.29 is 4.39 Å². The Morgan fingerprint density at radius 3 is 2.57 bits per heavy atom. The summed E-state index contributed by atoms with van der Waals surface area (Å²) in [6, 6.07) is 8.56. The molecule has 1 atom stereocenters. The van der Waals surface area contributed by atoms with Crippen LogP contribution in [0.5, 0.6) is 0 Å². The second-order valence-corrected chi connectivity index (χ2v) is 6.72. The Morgan fingerprint density at radius 2 is 1.86 bits per heavy atom. The van der Waals surface area contributed by atoms with Crippen molar-refractivity contribution in [2.45, 2.75) is 25.7 Å². The Bertz CT molecular complexity index is 870. The van der Waals surface area contributed by atoms with Crippen LogP contribution in [0.25, 0.3) is 0 Å². The zero-order valence-corrected chi connectivity index (χ0v) is 16.2. The van der Waals surface area contributed by atoms with E-state index in [-0.39, 0.29) is 11.7 Å². The van der Waals surface area contributed by atoms with Gasteiger partial charge in [0, 0.05) is 50.6 Å². The maximum absolute atomic E-state index is 13.2. The zero-order valence-electron chi connectivity index (χ0n) is 16.2. The Hall–Kier alpha value is -2.93. The number of hydrogen-bond donors (Lipinski definition) is 2. The fraction of sp³-hybridized carbons (Fsp3) is 0.333. The Balaban J connectivity index is 1.80. The average Bonchev–Trinajstić information content (AvgIpc) is 2.69. The van der Waals surface area contributed by atoms with Gasteiger partial charge in [-0.2, -0.15) is 0 Å². The second kappa shape index (κ2) is 9.85. The summed E-state index contributed by atoms with van der Waals surface area (Å²) in [6.07, 6.45) is 6.34. The molecule has 2 aromatic heterocycles. The van der Waals surface area contributed by atoms with Gasteiger partial charge in [0.1, 0.15) is 17.5 Å². The summed E-state index contributed by atoms with van der Waals surface area (Å²) in [6.45, 7) is 3.70. The molecule has 0 aliphatic rings. The summed E-state index contributed by atoms with van der Waals surface area (Å²) in [5, 5.41) is 6.44. The molecule has 2 N–H and O–H groups in total. The van der Waals surface area contributed by atoms with E-state index < -0.39 is 0 Å². The van der Waals surface area contributed by atoms with Crippen LogP contribution in [-0.4, -0.2) is 40.1 Å². The van der Waals surface area contributed by atoms with Crippen LogP contribution in [0.15, 0.2) is 48.9 Å². The van der Waals surface area contributed by atoms with E-state index in [0.717, 1.165) is 41.7 Å². The van der Waals surface area contributed by atoms with Crippen LogP contribution in [0, 0.1) is 5.82 Å². The molecule has 1 aromatic carbocycles. The lowest BCUT2D eigenvalue weighted by molar-refractivity contribution is 0.624. The predicted octanol–water partition coefficient (Wildman–Crippen LogP) is 2.97. The van der Waals surface area contributed by atoms with Gasteiger partial charge in [-0.25, -0.2) is 14.4 Å². The Morgan fingerprint density at radius 1 is 1.04 bits per heavy atom. The van der Waals surface area contributed by atoms with Crippen LogP contribution >= 0.6 is 0 Å². The topological polar surface area (TPSA) is 75.6 Å². The minimum absolute atomic E-state index is 0.178. The summed E-state index contributed by atoms with van der Waals surface area (Å²) in [5.74, 6) is 1.50. The molecule has 0 fully saturated rings. The highest BCUT2D eigenvalue weighted by atomic mass is 19.1. The third-order valence-electron chi connectivity index (χ3n) is 4.41. The third kappa shape index (κ3) is 5.79. The van der Waals surface area contributed by atoms with Gasteiger partial charge in [-0.15, -0.1) is 0 Å². The first-order chi connectivity index (χ1) is 13.6. The molecule has 3 rings (SSSR count). The number of hydrogen-bond acceptors (Lipinski definition) is 6. The van der Waals surface area contributed by atoms with Crippen LogP contribution in [0.4, 0.5) is 10.2 Å². The molecule has 0 saturated heterocycles. The van der Waals surface area contributed by atoms with Crippen molar-refractivity contribution in [3.05, 3.63) is 77.5 Å². The largest absolute Gasteiger partial charge is 0.369 e. The highest BCUT2D eigenvalue weighted by Crippen LogP contribution is 2.20. The molecule has 0 aliphatic heterocycles. The highest BCUT2D eigenvalue weighted by molar-refractivity contribution is 5.37. The van der Waals surface area contributed by atoms with Gasteiger partial charge in [0.05, 0.1) is 11.4 Å². The van der Waals surface area contributed by atoms with Gasteiger partial charge in [0.25, 0.3) is 0 Å². The summed E-state index contributed by atoms with van der Waals surface area (Å²) in [5.41, 5.74) is 2.82. The molecule has 0 saturated carbocycles. The molecule has 28 heavy (non-hydrogen) atoms. The fourth-order valence-corrected chi connectivity index (χ4v) is 2.93. The van der Waals surface area contributed by atoms with Gasteiger partial charge in [-0.1, -0.05) is 19.1 Å². The number of aromatic nitrogens is 4. The lowest BCUT2D eigenvalue weighted by Crippen LogP contribution is -2.19. The molecular formula is C21H25FN6. The van der Waals surface area contributed by atoms with Crippen molar-refractivity contribution >= 4 is 5.82 Å². The molecule has 0 unspecified atom stereocenters. The van der Waals surface area contributed by atoms with Crippen molar-refractivity contribution in [2.24, 2.45) is 0 Å². The Kier molecular flexibility index (Phi) is 6.97. The van der Waals surface area contributed by atoms with E-state index in [1.54, 1.807) is 18.6 Å². The number of nitrogens with one attached hydrogen (secondary N) is 2. The van der Waals surface area contributed by atoms with Gasteiger partial charge >= 0.3 is 0 Å². The van der Waals surface area contributed by atoms with Crippen LogP contribution in [-0.2, 0) is 12.8 Å². The summed E-state index contributed by atoms with van der Waals surface area (Å²) < 4.78 is 13.2. The smallest absolute Gasteiger partial charge is 0.131 e. The lowest BCUT2D eigenvalue weighted by atomic mass is 9.97. The molecule has 2 heterocycles. The molecule has 0 bridgehead atoms. The molecule has 0 spiro atoms. The first-order valence-electron chi connectivity index (χ1n) is 9.39. The van der Waals surface area contributed by atoms with E-state index in [2.05, 4.69) is 32.5 Å². The number of benzene rings is 1. The number of nitrogens with zero attached hydrogens (tertiary/aromatic N) is 4. The number of halogens is 1. The molecule has 0 radical (unpaired) electrons. The minimum Gasteiger partial charge on any atom is -0.369 e. The van der Waals surface area contributed by atoms with E-state index >= 15 is 0 Å². The number of anilines is 1. The predicted molar refractivity (Wildman–Crippen MR) is 108 cm³/mol. The van der Waals surface area contributed by atoms with Crippen LogP contribution in [0.1, 0.15) is 35.6 Å². The molecular weight excluding hydrogens is 355 g/mol. The van der Waals surface area contributed by atoms with E-state index in [1.807, 2.05) is 25.2 Å². The van der Waals surface area contributed by atoms with E-state index in [1.165, 1.54) is 12.1 Å². The Labute approximate surface area is 164 Å². The molecule has 146 valence electrons. The third-order valence-corrected chi connectivity index (χ3v) is 4.41. The van der Waals surface area contributed by atoms with Crippen molar-refractivity contribution in [3.63, 3.8) is 0 Å². The highest BCUT2D eigenvalue weighted by Gasteiger charge is 2.12. The first-order valence-corrected chi connectivity index (χ1v) is 9.39. The van der Waals surface area contributed by atoms with Gasteiger partial charge in [0.2, 0.25) is 0 Å². The van der Waals surface area contributed by atoms with Crippen molar-refractivity contribution in [1.82, 2.24) is 25.3 Å². The normalized spacial score (nSPS) is 12.0. The summed E-state index contributed by atoms with van der Waals surface area (Å²) in [4.78, 5) is 17.9. The molecule has 0 amide bonds. The molecule has 6 nitrogen and oxygen atoms in total. The fourth-order valence-electron chi connectivity index (χ4n) is 2.93. The van der Waals surface area contributed by atoms with Crippen LogP contribution in [0.3, 0.4) is 0 Å². The van der Waals surface area contributed by atoms with Gasteiger partial charge in [0.15, 0.2) is 0 Å². The maximum atomic E-state index is 13.2. The van der Waals surface area contributed by atoms with E-state index in [0.29, 0.717) is 12.8 Å². The van der Waals surface area contributed by atoms with Crippen molar-refractivity contribution in [3.8, 4) is 0 Å². The monoisotopic (exact) mass is 380 g/mol. The number of likely N-dealkylation sites (N-methyl/N-ethyl adjacent to an activating group) is 1. The van der Waals surface area contributed by atoms with Crippen LogP contribution in [0.2, 0.25) is 0 Å². The SMILES string of the molecule is CNCCNc1cc(Cc2cnccn2)nc(C[C@@H](C)c2ccc(F)cc2)n1. The maximum Gasteiger partial charge on any atom is 0.131 e. The zero-order chi connectivity index (χ0) is 19.8. The average molecular weight is 380 g/mol. The number of rotatable bonds is 9. The minimum atomic E-state index is -0.228. The van der Waals surface area contributed by atoms with Gasteiger partial charge in [-0.3, -0.25) is 9.97 Å². The lowest BCUT2D eigenvalue weighted by Gasteiger charge is -2.14. The quantitative estimate of drug-likeness (QED) is 0.556. The van der Waals surface area contributed by atoms with E-state index in [4.69, 9.17) is 4.98 Å². The van der Waals surface area contributed by atoms with E-state index in [9.17, 15) is 4.39 Å².